The van der Waals surface area contributed by atoms with Gasteiger partial charge in [-0.05, 0) is 35.2 Å². The highest BCUT2D eigenvalue weighted by atomic mass is 32.1. The van der Waals surface area contributed by atoms with Crippen LogP contribution in [-0.2, 0) is 5.41 Å². The number of hydrogen-bond donors (Lipinski definition) is 1. The van der Waals surface area contributed by atoms with Gasteiger partial charge in [0.25, 0.3) is 0 Å². The Morgan fingerprint density at radius 2 is 1.68 bits per heavy atom. The molecule has 0 amide bonds. The Balaban J connectivity index is 2.23. The van der Waals surface area contributed by atoms with Crippen LogP contribution in [0.5, 0.6) is 5.75 Å². The lowest BCUT2D eigenvalue weighted by atomic mass is 9.95. The van der Waals surface area contributed by atoms with E-state index in [1.165, 1.54) is 4.88 Å². The molecule has 0 aliphatic heterocycles. The van der Waals surface area contributed by atoms with E-state index in [9.17, 15) is 5.11 Å². The van der Waals surface area contributed by atoms with Gasteiger partial charge in [-0.2, -0.15) is 0 Å². The maximum Gasteiger partial charge on any atom is 0.118 e. The molecule has 0 saturated carbocycles. The van der Waals surface area contributed by atoms with Gasteiger partial charge in [0.2, 0.25) is 0 Å². The van der Waals surface area contributed by atoms with E-state index >= 15 is 0 Å². The van der Waals surface area contributed by atoms with Crippen LogP contribution in [0.2, 0.25) is 0 Å². The zero-order valence-corrected chi connectivity index (χ0v) is 12.6. The molecule has 19 heavy (non-hydrogen) atoms. The third kappa shape index (κ3) is 3.17. The van der Waals surface area contributed by atoms with Gasteiger partial charge >= 0.3 is 0 Å². The molecule has 1 aromatic heterocycles. The number of thiophene rings is 1. The van der Waals surface area contributed by atoms with Gasteiger partial charge < -0.3 is 9.84 Å². The van der Waals surface area contributed by atoms with Gasteiger partial charge in [0.1, 0.15) is 11.9 Å². The van der Waals surface area contributed by atoms with Crippen LogP contribution >= 0.6 is 11.3 Å². The normalized spacial score (nSPS) is 13.3. The summed E-state index contributed by atoms with van der Waals surface area (Å²) in [4.78, 5) is 2.27. The quantitative estimate of drug-likeness (QED) is 0.913. The van der Waals surface area contributed by atoms with Crippen LogP contribution in [0.3, 0.4) is 0 Å². The summed E-state index contributed by atoms with van der Waals surface area (Å²) in [6, 6.07) is 11.7. The SMILES string of the molecule is COc1ccc(C(O)c2ccc(C(C)(C)C)s2)cc1. The molecule has 3 heteroatoms. The van der Waals surface area contributed by atoms with Crippen molar-refractivity contribution in [3.05, 3.63) is 51.7 Å². The lowest BCUT2D eigenvalue weighted by Gasteiger charge is -2.16. The van der Waals surface area contributed by atoms with Crippen LogP contribution < -0.4 is 4.74 Å². The summed E-state index contributed by atoms with van der Waals surface area (Å²) >= 11 is 1.67. The van der Waals surface area contributed by atoms with E-state index in [0.29, 0.717) is 0 Å². The van der Waals surface area contributed by atoms with Crippen molar-refractivity contribution in [1.29, 1.82) is 0 Å². The zero-order chi connectivity index (χ0) is 14.0. The standard InChI is InChI=1S/C16H20O2S/c1-16(2,3)14-10-9-13(19-14)15(17)11-5-7-12(18-4)8-6-11/h5-10,15,17H,1-4H3. The van der Waals surface area contributed by atoms with Crippen LogP contribution in [0.15, 0.2) is 36.4 Å². The molecule has 1 heterocycles. The van der Waals surface area contributed by atoms with Gasteiger partial charge in [0.05, 0.1) is 7.11 Å². The van der Waals surface area contributed by atoms with Crippen molar-refractivity contribution >= 4 is 11.3 Å². The summed E-state index contributed by atoms with van der Waals surface area (Å²) in [5.41, 5.74) is 1.02. The molecule has 1 unspecified atom stereocenters. The maximum absolute atomic E-state index is 10.4. The molecule has 1 atom stereocenters. The monoisotopic (exact) mass is 276 g/mol. The number of hydrogen-bond acceptors (Lipinski definition) is 3. The number of rotatable bonds is 3. The van der Waals surface area contributed by atoms with Gasteiger partial charge in [-0.1, -0.05) is 32.9 Å². The molecule has 1 N–H and O–H groups in total. The fourth-order valence-corrected chi connectivity index (χ4v) is 2.93. The molecule has 0 spiro atoms. The highest BCUT2D eigenvalue weighted by Crippen LogP contribution is 2.34. The first kappa shape index (κ1) is 14.1. The maximum atomic E-state index is 10.4. The highest BCUT2D eigenvalue weighted by Gasteiger charge is 2.19. The van der Waals surface area contributed by atoms with E-state index in [0.717, 1.165) is 16.2 Å². The third-order valence-corrected chi connectivity index (χ3v) is 4.63. The minimum Gasteiger partial charge on any atom is -0.497 e. The van der Waals surface area contributed by atoms with E-state index in [4.69, 9.17) is 4.74 Å². The molecule has 0 aliphatic rings. The fourth-order valence-electron chi connectivity index (χ4n) is 1.85. The molecule has 0 fully saturated rings. The third-order valence-electron chi connectivity index (χ3n) is 3.07. The Kier molecular flexibility index (Phi) is 3.97. The van der Waals surface area contributed by atoms with Crippen molar-refractivity contribution in [2.45, 2.75) is 32.3 Å². The molecule has 0 saturated heterocycles. The average Bonchev–Trinajstić information content (AvgIpc) is 2.87. The molecule has 0 radical (unpaired) electrons. The largest absolute Gasteiger partial charge is 0.497 e. The molecule has 2 nitrogen and oxygen atoms in total. The Morgan fingerprint density at radius 1 is 1.05 bits per heavy atom. The van der Waals surface area contributed by atoms with E-state index in [2.05, 4.69) is 26.8 Å². The predicted octanol–water partition coefficient (Wildman–Crippen LogP) is 4.14. The summed E-state index contributed by atoms with van der Waals surface area (Å²) in [5.74, 6) is 0.803. The highest BCUT2D eigenvalue weighted by molar-refractivity contribution is 7.12. The minimum atomic E-state index is -0.563. The molecule has 1 aromatic carbocycles. The number of benzene rings is 1. The summed E-state index contributed by atoms with van der Waals surface area (Å²) in [6.07, 6.45) is -0.563. The van der Waals surface area contributed by atoms with Crippen molar-refractivity contribution in [3.63, 3.8) is 0 Å². The first-order valence-corrected chi connectivity index (χ1v) is 7.15. The first-order valence-electron chi connectivity index (χ1n) is 6.34. The summed E-state index contributed by atoms with van der Waals surface area (Å²) in [5, 5.41) is 10.4. The van der Waals surface area contributed by atoms with E-state index < -0.39 is 6.10 Å². The average molecular weight is 276 g/mol. The number of methoxy groups -OCH3 is 1. The molecule has 2 rings (SSSR count). The van der Waals surface area contributed by atoms with E-state index in [-0.39, 0.29) is 5.41 Å². The van der Waals surface area contributed by atoms with Crippen molar-refractivity contribution in [1.82, 2.24) is 0 Å². The van der Waals surface area contributed by atoms with Crippen molar-refractivity contribution < 1.29 is 9.84 Å². The summed E-state index contributed by atoms with van der Waals surface area (Å²) < 4.78 is 5.12. The Bertz CT molecular complexity index is 535. The van der Waals surface area contributed by atoms with Gasteiger partial charge in [0, 0.05) is 9.75 Å². The molecular formula is C16H20O2S. The fraction of sp³-hybridized carbons (Fsp3) is 0.375. The smallest absolute Gasteiger partial charge is 0.118 e. The Labute approximate surface area is 118 Å². The molecular weight excluding hydrogens is 256 g/mol. The van der Waals surface area contributed by atoms with E-state index in [1.54, 1.807) is 18.4 Å². The summed E-state index contributed by atoms with van der Waals surface area (Å²) in [6.45, 7) is 6.55. The van der Waals surface area contributed by atoms with Crippen LogP contribution in [0.4, 0.5) is 0 Å². The Hall–Kier alpha value is -1.32. The van der Waals surface area contributed by atoms with Gasteiger partial charge in [-0.3, -0.25) is 0 Å². The first-order chi connectivity index (χ1) is 8.91. The molecule has 0 bridgehead atoms. The predicted molar refractivity (Wildman–Crippen MR) is 80.1 cm³/mol. The Morgan fingerprint density at radius 3 is 2.16 bits per heavy atom. The second kappa shape index (κ2) is 5.35. The number of aliphatic hydroxyl groups is 1. The molecule has 102 valence electrons. The van der Waals surface area contributed by atoms with E-state index in [1.807, 2.05) is 30.3 Å². The van der Waals surface area contributed by atoms with Gasteiger partial charge in [-0.25, -0.2) is 0 Å². The molecule has 0 aliphatic carbocycles. The van der Waals surface area contributed by atoms with Crippen molar-refractivity contribution in [3.8, 4) is 5.75 Å². The van der Waals surface area contributed by atoms with Crippen molar-refractivity contribution in [2.75, 3.05) is 7.11 Å². The summed E-state index contributed by atoms with van der Waals surface area (Å²) in [7, 11) is 1.64. The lowest BCUT2D eigenvalue weighted by Crippen LogP contribution is -2.07. The second-order valence-electron chi connectivity index (χ2n) is 5.63. The van der Waals surface area contributed by atoms with Gasteiger partial charge in [-0.15, -0.1) is 11.3 Å². The molecule has 2 aromatic rings. The minimum absolute atomic E-state index is 0.128. The van der Waals surface area contributed by atoms with Crippen LogP contribution in [-0.4, -0.2) is 12.2 Å². The van der Waals surface area contributed by atoms with Crippen LogP contribution in [0.25, 0.3) is 0 Å². The van der Waals surface area contributed by atoms with Crippen molar-refractivity contribution in [2.24, 2.45) is 0 Å². The number of ether oxygens (including phenoxy) is 1. The topological polar surface area (TPSA) is 29.5 Å². The zero-order valence-electron chi connectivity index (χ0n) is 11.8. The van der Waals surface area contributed by atoms with Gasteiger partial charge in [0.15, 0.2) is 0 Å². The van der Waals surface area contributed by atoms with Crippen LogP contribution in [0, 0.1) is 0 Å². The van der Waals surface area contributed by atoms with Crippen LogP contribution in [0.1, 0.15) is 42.2 Å². The number of aliphatic hydroxyl groups excluding tert-OH is 1. The second-order valence-corrected chi connectivity index (χ2v) is 6.74. The lowest BCUT2D eigenvalue weighted by molar-refractivity contribution is 0.224.